The summed E-state index contributed by atoms with van der Waals surface area (Å²) in [4.78, 5) is 48.3. The van der Waals surface area contributed by atoms with E-state index in [-0.39, 0.29) is 25.9 Å². The SMILES string of the molecule is CC/C=C\C/C=C\C/C=C\C/C=C\CCCCC(=O)OCC(COP(=O)(O)OCC(CO)OC(=O)CCCCCCCCCCCCC)OC(=O)CCCCCCC/C=C\C/C=C\C/C=C\CC. The molecule has 0 aromatic carbocycles. The Bertz CT molecular complexity index is 1460. The molecule has 11 nitrogen and oxygen atoms in total. The van der Waals surface area contributed by atoms with Gasteiger partial charge in [-0.1, -0.05) is 189 Å². The predicted octanol–water partition coefficient (Wildman–Crippen LogP) is 15.1. The Balaban J connectivity index is 4.84. The molecule has 0 aliphatic heterocycles. The highest BCUT2D eigenvalue weighted by atomic mass is 31.2. The van der Waals surface area contributed by atoms with Gasteiger partial charge in [0.1, 0.15) is 12.7 Å². The summed E-state index contributed by atoms with van der Waals surface area (Å²) in [7, 11) is -4.76. The Labute approximate surface area is 413 Å². The van der Waals surface area contributed by atoms with Crippen LogP contribution in [0.4, 0.5) is 0 Å². The molecule has 0 bridgehead atoms. The van der Waals surface area contributed by atoms with E-state index in [0.29, 0.717) is 19.3 Å². The number of rotatable bonds is 48. The minimum atomic E-state index is -4.76. The zero-order chi connectivity index (χ0) is 49.9. The lowest BCUT2D eigenvalue weighted by molar-refractivity contribution is -0.161. The molecule has 0 saturated carbocycles. The zero-order valence-electron chi connectivity index (χ0n) is 42.8. The van der Waals surface area contributed by atoms with Crippen molar-refractivity contribution >= 4 is 25.7 Å². The van der Waals surface area contributed by atoms with Crippen molar-refractivity contribution in [3.8, 4) is 0 Å². The Morgan fingerprint density at radius 1 is 0.426 bits per heavy atom. The van der Waals surface area contributed by atoms with Gasteiger partial charge in [-0.3, -0.25) is 23.4 Å². The third-order valence-electron chi connectivity index (χ3n) is 10.8. The van der Waals surface area contributed by atoms with Crippen LogP contribution in [0.2, 0.25) is 0 Å². The number of carbonyl (C=O) groups is 3. The van der Waals surface area contributed by atoms with Gasteiger partial charge >= 0.3 is 25.7 Å². The lowest BCUT2D eigenvalue weighted by Gasteiger charge is -2.21. The monoisotopic (exact) mass is 975 g/mol. The fourth-order valence-corrected chi connectivity index (χ4v) is 7.61. The Kier molecular flexibility index (Phi) is 47.6. The summed E-state index contributed by atoms with van der Waals surface area (Å²) in [5.41, 5.74) is 0. The van der Waals surface area contributed by atoms with Crippen molar-refractivity contribution in [2.75, 3.05) is 26.4 Å². The maximum atomic E-state index is 12.8. The summed E-state index contributed by atoms with van der Waals surface area (Å²) in [5.74, 6) is -1.54. The van der Waals surface area contributed by atoms with Crippen molar-refractivity contribution in [3.05, 3.63) is 85.1 Å². The number of esters is 3. The van der Waals surface area contributed by atoms with Crippen LogP contribution in [0.1, 0.15) is 213 Å². The molecular formula is C56H95O11P. The van der Waals surface area contributed by atoms with Gasteiger partial charge in [0.25, 0.3) is 0 Å². The first-order valence-electron chi connectivity index (χ1n) is 26.5. The predicted molar refractivity (Wildman–Crippen MR) is 279 cm³/mol. The first kappa shape index (κ1) is 64.7. The first-order chi connectivity index (χ1) is 33.2. The average Bonchev–Trinajstić information content (AvgIpc) is 3.32. The molecule has 0 radical (unpaired) electrons. The number of hydrogen-bond acceptors (Lipinski definition) is 10. The summed E-state index contributed by atoms with van der Waals surface area (Å²) in [6.45, 7) is 4.32. The second kappa shape index (κ2) is 50.1. The molecular weight excluding hydrogens is 880 g/mol. The van der Waals surface area contributed by atoms with Gasteiger partial charge in [0.15, 0.2) is 6.10 Å². The molecule has 0 saturated heterocycles. The normalized spacial score (nSPS) is 14.1. The van der Waals surface area contributed by atoms with E-state index < -0.39 is 57.8 Å². The molecule has 3 atom stereocenters. The van der Waals surface area contributed by atoms with E-state index in [9.17, 15) is 28.9 Å². The van der Waals surface area contributed by atoms with E-state index in [2.05, 4.69) is 106 Å². The van der Waals surface area contributed by atoms with Gasteiger partial charge in [-0.25, -0.2) is 4.57 Å². The van der Waals surface area contributed by atoms with Gasteiger partial charge in [-0.2, -0.15) is 0 Å². The van der Waals surface area contributed by atoms with Crippen LogP contribution in [0.15, 0.2) is 85.1 Å². The van der Waals surface area contributed by atoms with Gasteiger partial charge in [0.05, 0.1) is 19.8 Å². The second-order valence-corrected chi connectivity index (χ2v) is 18.7. The van der Waals surface area contributed by atoms with E-state index in [4.69, 9.17) is 23.3 Å². The van der Waals surface area contributed by atoms with Gasteiger partial charge < -0.3 is 24.2 Å². The molecule has 390 valence electrons. The quantitative estimate of drug-likeness (QED) is 0.0197. The zero-order valence-corrected chi connectivity index (χ0v) is 43.7. The molecule has 0 aliphatic carbocycles. The minimum Gasteiger partial charge on any atom is -0.462 e. The van der Waals surface area contributed by atoms with Crippen LogP contribution in [0.5, 0.6) is 0 Å². The number of aliphatic hydroxyl groups is 1. The van der Waals surface area contributed by atoms with E-state index in [0.717, 1.165) is 109 Å². The average molecular weight is 975 g/mol. The van der Waals surface area contributed by atoms with Crippen molar-refractivity contribution in [2.24, 2.45) is 0 Å². The largest absolute Gasteiger partial charge is 0.472 e. The molecule has 0 rings (SSSR count). The highest BCUT2D eigenvalue weighted by molar-refractivity contribution is 7.47. The van der Waals surface area contributed by atoms with Crippen LogP contribution in [0, 0.1) is 0 Å². The number of aliphatic hydroxyl groups excluding tert-OH is 1. The van der Waals surface area contributed by atoms with Gasteiger partial charge in [0, 0.05) is 19.3 Å². The molecule has 3 unspecified atom stereocenters. The summed E-state index contributed by atoms with van der Waals surface area (Å²) in [5, 5.41) is 9.77. The number of ether oxygens (including phenoxy) is 3. The fourth-order valence-electron chi connectivity index (χ4n) is 6.83. The fraction of sp³-hybridized carbons (Fsp3) is 0.696. The number of allylic oxidation sites excluding steroid dienone is 14. The maximum absolute atomic E-state index is 12.8. The molecule has 68 heavy (non-hydrogen) atoms. The van der Waals surface area contributed by atoms with Gasteiger partial charge in [0.2, 0.25) is 0 Å². The molecule has 2 N–H and O–H groups in total. The molecule has 0 fully saturated rings. The number of unbranched alkanes of at least 4 members (excludes halogenated alkanes) is 17. The van der Waals surface area contributed by atoms with Crippen LogP contribution in [-0.2, 0) is 42.2 Å². The van der Waals surface area contributed by atoms with Gasteiger partial charge in [-0.05, 0) is 89.9 Å². The van der Waals surface area contributed by atoms with Gasteiger partial charge in [-0.15, -0.1) is 0 Å². The Morgan fingerprint density at radius 2 is 0.765 bits per heavy atom. The van der Waals surface area contributed by atoms with Crippen LogP contribution < -0.4 is 0 Å². The lowest BCUT2D eigenvalue weighted by atomic mass is 10.1. The van der Waals surface area contributed by atoms with E-state index in [1.54, 1.807) is 0 Å². The first-order valence-corrected chi connectivity index (χ1v) is 28.0. The third-order valence-corrected chi connectivity index (χ3v) is 11.8. The second-order valence-electron chi connectivity index (χ2n) is 17.3. The van der Waals surface area contributed by atoms with Crippen LogP contribution in [-0.4, -0.2) is 66.5 Å². The highest BCUT2D eigenvalue weighted by Crippen LogP contribution is 2.43. The summed E-state index contributed by atoms with van der Waals surface area (Å²) in [6.07, 6.45) is 55.5. The Hall–Kier alpha value is -3.34. The van der Waals surface area contributed by atoms with Crippen molar-refractivity contribution < 1.29 is 52.2 Å². The molecule has 0 aromatic heterocycles. The van der Waals surface area contributed by atoms with Crippen molar-refractivity contribution in [2.45, 2.75) is 226 Å². The van der Waals surface area contributed by atoms with Crippen molar-refractivity contribution in [1.82, 2.24) is 0 Å². The summed E-state index contributed by atoms with van der Waals surface area (Å²) < 4.78 is 39.3. The molecule has 0 spiro atoms. The molecule has 0 amide bonds. The summed E-state index contributed by atoms with van der Waals surface area (Å²) in [6, 6.07) is 0. The standard InChI is InChI=1S/C56H95O11P/c1-4-7-10-13-16-19-22-24-26-28-31-33-36-39-42-45-54(58)63-49-53(67-56(60)47-44-41-38-35-32-29-27-25-23-20-17-14-11-8-5-2)51-65-68(61,62)64-50-52(48-57)66-55(59)46-43-40-37-34-30-21-18-15-12-9-6-3/h7-8,10-11,16-17,19-20,24-27,31,33,52-53,57H,4-6,9,12-15,18,21-23,28-30,32,34-51H2,1-3H3,(H,61,62)/b10-7-,11-8-,19-16-,20-17-,26-24-,27-25-,33-31-. The topological polar surface area (TPSA) is 155 Å². The van der Waals surface area contributed by atoms with Crippen LogP contribution in [0.3, 0.4) is 0 Å². The smallest absolute Gasteiger partial charge is 0.462 e. The summed E-state index contributed by atoms with van der Waals surface area (Å²) >= 11 is 0. The van der Waals surface area contributed by atoms with E-state index in [1.807, 2.05) is 0 Å². The van der Waals surface area contributed by atoms with Crippen LogP contribution in [0.25, 0.3) is 0 Å². The number of phosphoric acid groups is 1. The van der Waals surface area contributed by atoms with Crippen LogP contribution >= 0.6 is 7.82 Å². The number of phosphoric ester groups is 1. The minimum absolute atomic E-state index is 0.136. The lowest BCUT2D eigenvalue weighted by Crippen LogP contribution is -2.30. The molecule has 0 aliphatic rings. The van der Waals surface area contributed by atoms with Crippen molar-refractivity contribution in [3.63, 3.8) is 0 Å². The highest BCUT2D eigenvalue weighted by Gasteiger charge is 2.28. The van der Waals surface area contributed by atoms with Crippen molar-refractivity contribution in [1.29, 1.82) is 0 Å². The van der Waals surface area contributed by atoms with E-state index >= 15 is 0 Å². The Morgan fingerprint density at radius 3 is 1.21 bits per heavy atom. The van der Waals surface area contributed by atoms with E-state index in [1.165, 1.54) is 44.9 Å². The number of hydrogen-bond donors (Lipinski definition) is 2. The molecule has 0 aromatic rings. The maximum Gasteiger partial charge on any atom is 0.472 e. The third kappa shape index (κ3) is 47.7. The molecule has 0 heterocycles. The molecule has 12 heteroatoms. The number of carbonyl (C=O) groups excluding carboxylic acids is 3.